The Kier molecular flexibility index (Phi) is 7.93. The molecule has 0 aromatic heterocycles. The van der Waals surface area contributed by atoms with Crippen LogP contribution in [-0.4, -0.2) is 44.1 Å². The van der Waals surface area contributed by atoms with Gasteiger partial charge in [0.05, 0.1) is 6.61 Å². The zero-order valence-corrected chi connectivity index (χ0v) is 13.0. The predicted octanol–water partition coefficient (Wildman–Crippen LogP) is 3.11. The fraction of sp³-hybridized carbons (Fsp3) is 0.600. The first kappa shape index (κ1) is 18.1. The number of nitrogens with zero attached hydrogens (tertiary/aromatic N) is 1. The van der Waals surface area contributed by atoms with Crippen LogP contribution >= 0.6 is 12.4 Å². The molecule has 6 heteroatoms. The second-order valence-electron chi connectivity index (χ2n) is 4.93. The zero-order chi connectivity index (χ0) is 14.4. The predicted molar refractivity (Wildman–Crippen MR) is 82.7 cm³/mol. The van der Waals surface area contributed by atoms with Crippen LogP contribution in [0.5, 0.6) is 5.75 Å². The number of halogens is 3. The molecule has 0 saturated carbocycles. The van der Waals surface area contributed by atoms with Crippen molar-refractivity contribution in [3.8, 4) is 5.75 Å². The molecule has 21 heavy (non-hydrogen) atoms. The zero-order valence-electron chi connectivity index (χ0n) is 12.2. The van der Waals surface area contributed by atoms with Crippen LogP contribution in [0.3, 0.4) is 0 Å². The van der Waals surface area contributed by atoms with Crippen LogP contribution < -0.4 is 10.1 Å². The summed E-state index contributed by atoms with van der Waals surface area (Å²) in [5.74, 6) is 0.785. The van der Waals surface area contributed by atoms with Gasteiger partial charge in [-0.3, -0.25) is 4.90 Å². The average molecular weight is 321 g/mol. The lowest BCUT2D eigenvalue weighted by Gasteiger charge is -2.35. The molecule has 0 bridgehead atoms. The molecule has 0 amide bonds. The third-order valence-corrected chi connectivity index (χ3v) is 3.57. The topological polar surface area (TPSA) is 24.5 Å². The highest BCUT2D eigenvalue weighted by Gasteiger charge is 2.25. The lowest BCUT2D eigenvalue weighted by Crippen LogP contribution is -2.45. The van der Waals surface area contributed by atoms with Gasteiger partial charge in [-0.15, -0.1) is 12.4 Å². The normalized spacial score (nSPS) is 17.3. The smallest absolute Gasteiger partial charge is 0.240 e. The fourth-order valence-corrected chi connectivity index (χ4v) is 2.61. The number of hydrogen-bond acceptors (Lipinski definition) is 3. The Morgan fingerprint density at radius 2 is 1.81 bits per heavy atom. The quantitative estimate of drug-likeness (QED) is 0.871. The van der Waals surface area contributed by atoms with Gasteiger partial charge in [-0.1, -0.05) is 12.1 Å². The third-order valence-electron chi connectivity index (χ3n) is 3.57. The van der Waals surface area contributed by atoms with Crippen molar-refractivity contribution in [3.05, 3.63) is 29.8 Å². The van der Waals surface area contributed by atoms with Crippen LogP contribution in [-0.2, 0) is 0 Å². The molecule has 1 aromatic carbocycles. The van der Waals surface area contributed by atoms with Crippen LogP contribution in [0.4, 0.5) is 8.78 Å². The lowest BCUT2D eigenvalue weighted by atomic mass is 10.0. The minimum atomic E-state index is -2.29. The summed E-state index contributed by atoms with van der Waals surface area (Å²) in [5, 5.41) is 3.25. The van der Waals surface area contributed by atoms with Gasteiger partial charge in [-0.25, -0.2) is 8.78 Å². The van der Waals surface area contributed by atoms with Crippen molar-refractivity contribution in [1.82, 2.24) is 10.2 Å². The summed E-state index contributed by atoms with van der Waals surface area (Å²) in [6.07, 6.45) is -2.41. The molecule has 2 rings (SSSR count). The van der Waals surface area contributed by atoms with E-state index in [0.717, 1.165) is 37.5 Å². The minimum Gasteiger partial charge on any atom is -0.494 e. The molecule has 0 spiro atoms. The van der Waals surface area contributed by atoms with Crippen molar-refractivity contribution < 1.29 is 13.5 Å². The highest BCUT2D eigenvalue weighted by Crippen LogP contribution is 2.28. The second-order valence-corrected chi connectivity index (χ2v) is 4.93. The summed E-state index contributed by atoms with van der Waals surface area (Å²) < 4.78 is 31.1. The van der Waals surface area contributed by atoms with E-state index in [9.17, 15) is 8.78 Å². The van der Waals surface area contributed by atoms with Crippen molar-refractivity contribution in [3.63, 3.8) is 0 Å². The Balaban J connectivity index is 0.00000220. The Bertz CT molecular complexity index is 397. The number of hydrogen-bond donors (Lipinski definition) is 1. The van der Waals surface area contributed by atoms with E-state index in [2.05, 4.69) is 10.2 Å². The molecular formula is C15H23ClF2N2O. The summed E-state index contributed by atoms with van der Waals surface area (Å²) in [4.78, 5) is 2.14. The molecule has 1 aliphatic rings. The molecule has 0 aliphatic carbocycles. The van der Waals surface area contributed by atoms with E-state index in [4.69, 9.17) is 4.74 Å². The SMILES string of the molecule is CCOc1ccc([C@@H](CC(F)F)N2CCNCC2)cc1.Cl. The number of benzene rings is 1. The van der Waals surface area contributed by atoms with Crippen LogP contribution in [0.2, 0.25) is 0 Å². The fourth-order valence-electron chi connectivity index (χ4n) is 2.61. The van der Waals surface area contributed by atoms with E-state index in [1.165, 1.54) is 0 Å². The van der Waals surface area contributed by atoms with Crippen molar-refractivity contribution in [2.75, 3.05) is 32.8 Å². The highest BCUT2D eigenvalue weighted by molar-refractivity contribution is 5.85. The molecule has 1 aliphatic heterocycles. The molecule has 120 valence electrons. The van der Waals surface area contributed by atoms with E-state index in [1.807, 2.05) is 31.2 Å². The Morgan fingerprint density at radius 1 is 1.19 bits per heavy atom. The van der Waals surface area contributed by atoms with Crippen molar-refractivity contribution in [1.29, 1.82) is 0 Å². The number of ether oxygens (including phenoxy) is 1. The second kappa shape index (κ2) is 9.18. The van der Waals surface area contributed by atoms with Gasteiger partial charge in [0.25, 0.3) is 0 Å². The maximum Gasteiger partial charge on any atom is 0.240 e. The first-order valence-corrected chi connectivity index (χ1v) is 7.16. The van der Waals surface area contributed by atoms with Crippen LogP contribution in [0.25, 0.3) is 0 Å². The molecule has 1 fully saturated rings. The number of alkyl halides is 2. The van der Waals surface area contributed by atoms with Crippen LogP contribution in [0.15, 0.2) is 24.3 Å². The van der Waals surface area contributed by atoms with E-state index in [0.29, 0.717) is 6.61 Å². The first-order valence-electron chi connectivity index (χ1n) is 7.16. The van der Waals surface area contributed by atoms with Crippen molar-refractivity contribution in [2.24, 2.45) is 0 Å². The summed E-state index contributed by atoms with van der Waals surface area (Å²) >= 11 is 0. The Hall–Kier alpha value is -0.910. The first-order chi connectivity index (χ1) is 9.70. The summed E-state index contributed by atoms with van der Waals surface area (Å²) in [5.41, 5.74) is 0.940. The lowest BCUT2D eigenvalue weighted by molar-refractivity contribution is 0.0739. The van der Waals surface area contributed by atoms with Gasteiger partial charge >= 0.3 is 0 Å². The van der Waals surface area contributed by atoms with Gasteiger partial charge in [0.15, 0.2) is 0 Å². The molecule has 1 N–H and O–H groups in total. The largest absolute Gasteiger partial charge is 0.494 e. The maximum absolute atomic E-state index is 12.9. The molecule has 1 heterocycles. The Labute approximate surface area is 131 Å². The van der Waals surface area contributed by atoms with Gasteiger partial charge in [0.2, 0.25) is 6.43 Å². The van der Waals surface area contributed by atoms with Gasteiger partial charge in [0.1, 0.15) is 5.75 Å². The van der Waals surface area contributed by atoms with Crippen molar-refractivity contribution in [2.45, 2.75) is 25.8 Å². The Morgan fingerprint density at radius 3 is 2.33 bits per heavy atom. The standard InChI is InChI=1S/C15H22F2N2O.ClH/c1-2-20-13-5-3-12(4-6-13)14(11-15(16)17)19-9-7-18-8-10-19;/h3-6,14-15,18H,2,7-11H2,1H3;1H/t14-;/m1./s1. The van der Waals surface area contributed by atoms with E-state index in [1.54, 1.807) is 0 Å². The van der Waals surface area contributed by atoms with Gasteiger partial charge in [0, 0.05) is 38.6 Å². The van der Waals surface area contributed by atoms with Crippen LogP contribution in [0, 0.1) is 0 Å². The highest BCUT2D eigenvalue weighted by atomic mass is 35.5. The number of rotatable bonds is 6. The van der Waals surface area contributed by atoms with Crippen molar-refractivity contribution >= 4 is 12.4 Å². The van der Waals surface area contributed by atoms with Gasteiger partial charge < -0.3 is 10.1 Å². The van der Waals surface area contributed by atoms with Gasteiger partial charge in [-0.05, 0) is 24.6 Å². The van der Waals surface area contributed by atoms with E-state index < -0.39 is 6.43 Å². The average Bonchev–Trinajstić information content (AvgIpc) is 2.47. The van der Waals surface area contributed by atoms with E-state index >= 15 is 0 Å². The molecule has 0 radical (unpaired) electrons. The molecule has 3 nitrogen and oxygen atoms in total. The third kappa shape index (κ3) is 5.41. The molecule has 0 unspecified atom stereocenters. The molecule has 1 saturated heterocycles. The number of piperazine rings is 1. The summed E-state index contributed by atoms with van der Waals surface area (Å²) in [7, 11) is 0. The summed E-state index contributed by atoms with van der Waals surface area (Å²) in [6.45, 7) is 5.87. The van der Waals surface area contributed by atoms with Crippen LogP contribution in [0.1, 0.15) is 24.9 Å². The molecule has 1 atom stereocenters. The maximum atomic E-state index is 12.9. The monoisotopic (exact) mass is 320 g/mol. The molecular weight excluding hydrogens is 298 g/mol. The summed E-state index contributed by atoms with van der Waals surface area (Å²) in [6, 6.07) is 7.31. The molecule has 1 aromatic rings. The number of nitrogens with one attached hydrogen (secondary N) is 1. The van der Waals surface area contributed by atoms with E-state index in [-0.39, 0.29) is 24.9 Å². The minimum absolute atomic E-state index is 0. The van der Waals surface area contributed by atoms with Gasteiger partial charge in [-0.2, -0.15) is 0 Å².